The van der Waals surface area contributed by atoms with Crippen LogP contribution < -0.4 is 4.74 Å². The third-order valence-electron chi connectivity index (χ3n) is 4.56. The van der Waals surface area contributed by atoms with Crippen molar-refractivity contribution in [2.45, 2.75) is 25.8 Å². The minimum Gasteiger partial charge on any atom is -0.497 e. The molecule has 0 aliphatic carbocycles. The summed E-state index contributed by atoms with van der Waals surface area (Å²) in [7, 11) is 1.71. The number of pyridine rings is 1. The fraction of sp³-hybridized carbons (Fsp3) is 0.421. The molecule has 0 N–H and O–H groups in total. The Kier molecular flexibility index (Phi) is 5.68. The highest BCUT2D eigenvalue weighted by Gasteiger charge is 2.19. The Morgan fingerprint density at radius 1 is 1.13 bits per heavy atom. The van der Waals surface area contributed by atoms with Crippen LogP contribution in [0.25, 0.3) is 0 Å². The van der Waals surface area contributed by atoms with Crippen LogP contribution in [0.3, 0.4) is 0 Å². The third kappa shape index (κ3) is 4.79. The summed E-state index contributed by atoms with van der Waals surface area (Å²) in [5.41, 5.74) is 2.57. The topological polar surface area (TPSA) is 25.4 Å². The number of benzene rings is 1. The minimum atomic E-state index is 0.760. The molecule has 0 unspecified atom stereocenters. The van der Waals surface area contributed by atoms with Crippen LogP contribution in [0.4, 0.5) is 0 Å². The Morgan fingerprint density at radius 2 is 1.87 bits per heavy atom. The SMILES string of the molecule is COc1ccc(CN2CCC(Cc3ccc(Br)cn3)CC2)cc1. The van der Waals surface area contributed by atoms with Crippen LogP contribution in [0.15, 0.2) is 47.1 Å². The van der Waals surface area contributed by atoms with Gasteiger partial charge in [0.15, 0.2) is 0 Å². The normalized spacial score (nSPS) is 16.4. The van der Waals surface area contributed by atoms with Crippen molar-refractivity contribution in [1.29, 1.82) is 0 Å². The molecule has 3 rings (SSSR count). The Balaban J connectivity index is 1.47. The van der Waals surface area contributed by atoms with Gasteiger partial charge in [-0.25, -0.2) is 0 Å². The second-order valence-corrected chi connectivity index (χ2v) is 7.16. The average Bonchev–Trinajstić information content (AvgIpc) is 2.59. The fourth-order valence-electron chi connectivity index (χ4n) is 3.16. The number of likely N-dealkylation sites (tertiary alicyclic amines) is 1. The van der Waals surface area contributed by atoms with Crippen molar-refractivity contribution in [2.75, 3.05) is 20.2 Å². The van der Waals surface area contributed by atoms with E-state index in [-0.39, 0.29) is 0 Å². The van der Waals surface area contributed by atoms with E-state index >= 15 is 0 Å². The lowest BCUT2D eigenvalue weighted by atomic mass is 9.92. The first kappa shape index (κ1) is 16.5. The summed E-state index contributed by atoms with van der Waals surface area (Å²) >= 11 is 3.44. The Labute approximate surface area is 146 Å². The lowest BCUT2D eigenvalue weighted by Crippen LogP contribution is -2.33. The molecule has 1 aromatic heterocycles. The smallest absolute Gasteiger partial charge is 0.118 e. The molecule has 1 aliphatic rings. The quantitative estimate of drug-likeness (QED) is 0.779. The van der Waals surface area contributed by atoms with Crippen molar-refractivity contribution in [3.05, 3.63) is 58.3 Å². The zero-order chi connectivity index (χ0) is 16.1. The van der Waals surface area contributed by atoms with E-state index in [0.29, 0.717) is 0 Å². The standard InChI is InChI=1S/C19H23BrN2O/c1-23-19-6-2-16(3-7-19)14-22-10-8-15(9-11-22)12-18-5-4-17(20)13-21-18/h2-7,13,15H,8-12,14H2,1H3. The average molecular weight is 375 g/mol. The van der Waals surface area contributed by atoms with E-state index in [1.165, 1.54) is 37.2 Å². The van der Waals surface area contributed by atoms with Gasteiger partial charge in [0.2, 0.25) is 0 Å². The number of nitrogens with zero attached hydrogens (tertiary/aromatic N) is 2. The van der Waals surface area contributed by atoms with Crippen LogP contribution in [-0.2, 0) is 13.0 Å². The van der Waals surface area contributed by atoms with Gasteiger partial charge < -0.3 is 4.74 Å². The van der Waals surface area contributed by atoms with E-state index in [4.69, 9.17) is 4.74 Å². The zero-order valence-electron chi connectivity index (χ0n) is 13.5. The molecule has 4 heteroatoms. The minimum absolute atomic E-state index is 0.760. The Hall–Kier alpha value is -1.39. The number of hydrogen-bond acceptors (Lipinski definition) is 3. The molecule has 0 radical (unpaired) electrons. The molecular weight excluding hydrogens is 352 g/mol. The van der Waals surface area contributed by atoms with Crippen molar-refractivity contribution in [3.63, 3.8) is 0 Å². The number of halogens is 1. The van der Waals surface area contributed by atoms with E-state index in [1.54, 1.807) is 7.11 Å². The number of methoxy groups -OCH3 is 1. The lowest BCUT2D eigenvalue weighted by Gasteiger charge is -2.32. The van der Waals surface area contributed by atoms with Gasteiger partial charge in [-0.15, -0.1) is 0 Å². The van der Waals surface area contributed by atoms with Crippen LogP contribution in [0, 0.1) is 5.92 Å². The first-order chi connectivity index (χ1) is 11.2. The van der Waals surface area contributed by atoms with Gasteiger partial charge in [-0.3, -0.25) is 9.88 Å². The van der Waals surface area contributed by atoms with Gasteiger partial charge in [-0.05, 0) is 84.0 Å². The molecule has 0 saturated carbocycles. The van der Waals surface area contributed by atoms with E-state index in [0.717, 1.165) is 29.1 Å². The maximum atomic E-state index is 5.21. The molecule has 0 amide bonds. The van der Waals surface area contributed by atoms with Gasteiger partial charge >= 0.3 is 0 Å². The van der Waals surface area contributed by atoms with E-state index in [1.807, 2.05) is 18.3 Å². The first-order valence-corrected chi connectivity index (χ1v) is 8.98. The highest BCUT2D eigenvalue weighted by molar-refractivity contribution is 9.10. The van der Waals surface area contributed by atoms with E-state index in [9.17, 15) is 0 Å². The summed E-state index contributed by atoms with van der Waals surface area (Å²) in [5.74, 6) is 1.69. The van der Waals surface area contributed by atoms with E-state index in [2.05, 4.69) is 50.1 Å². The van der Waals surface area contributed by atoms with Gasteiger partial charge in [0.25, 0.3) is 0 Å². The Bertz CT molecular complexity index is 604. The summed E-state index contributed by atoms with van der Waals surface area (Å²) in [6, 6.07) is 12.6. The highest BCUT2D eigenvalue weighted by Crippen LogP contribution is 2.23. The molecule has 0 spiro atoms. The van der Waals surface area contributed by atoms with Gasteiger partial charge in [0.05, 0.1) is 7.11 Å². The van der Waals surface area contributed by atoms with Crippen molar-refractivity contribution >= 4 is 15.9 Å². The third-order valence-corrected chi connectivity index (χ3v) is 5.03. The molecule has 1 saturated heterocycles. The predicted octanol–water partition coefficient (Wildman–Crippen LogP) is 4.31. The van der Waals surface area contributed by atoms with Crippen molar-refractivity contribution in [3.8, 4) is 5.75 Å². The molecule has 23 heavy (non-hydrogen) atoms. The second kappa shape index (κ2) is 7.93. The lowest BCUT2D eigenvalue weighted by molar-refractivity contribution is 0.176. The molecule has 0 atom stereocenters. The number of rotatable bonds is 5. The molecule has 122 valence electrons. The van der Waals surface area contributed by atoms with Crippen molar-refractivity contribution in [1.82, 2.24) is 9.88 Å². The number of ether oxygens (including phenoxy) is 1. The maximum Gasteiger partial charge on any atom is 0.118 e. The van der Waals surface area contributed by atoms with Crippen molar-refractivity contribution in [2.24, 2.45) is 5.92 Å². The van der Waals surface area contributed by atoms with Crippen LogP contribution in [-0.4, -0.2) is 30.1 Å². The monoisotopic (exact) mass is 374 g/mol. The fourth-order valence-corrected chi connectivity index (χ4v) is 3.40. The summed E-state index contributed by atoms with van der Waals surface area (Å²) in [5, 5.41) is 0. The zero-order valence-corrected chi connectivity index (χ0v) is 15.1. The predicted molar refractivity (Wildman–Crippen MR) is 96.6 cm³/mol. The highest BCUT2D eigenvalue weighted by atomic mass is 79.9. The molecule has 0 bridgehead atoms. The first-order valence-electron chi connectivity index (χ1n) is 8.18. The summed E-state index contributed by atoms with van der Waals surface area (Å²) in [6.07, 6.45) is 5.51. The van der Waals surface area contributed by atoms with Crippen LogP contribution >= 0.6 is 15.9 Å². The number of piperidine rings is 1. The molecule has 2 aromatic rings. The molecular formula is C19H23BrN2O. The molecule has 1 aromatic carbocycles. The summed E-state index contributed by atoms with van der Waals surface area (Å²) < 4.78 is 6.27. The van der Waals surface area contributed by atoms with Gasteiger partial charge in [-0.2, -0.15) is 0 Å². The van der Waals surface area contributed by atoms with Crippen LogP contribution in [0.1, 0.15) is 24.1 Å². The molecule has 2 heterocycles. The van der Waals surface area contributed by atoms with Gasteiger partial charge in [-0.1, -0.05) is 12.1 Å². The molecule has 3 nitrogen and oxygen atoms in total. The van der Waals surface area contributed by atoms with E-state index < -0.39 is 0 Å². The summed E-state index contributed by atoms with van der Waals surface area (Å²) in [6.45, 7) is 3.38. The van der Waals surface area contributed by atoms with Crippen molar-refractivity contribution < 1.29 is 4.74 Å². The summed E-state index contributed by atoms with van der Waals surface area (Å²) in [4.78, 5) is 7.05. The van der Waals surface area contributed by atoms with Gasteiger partial charge in [0.1, 0.15) is 5.75 Å². The van der Waals surface area contributed by atoms with Crippen LogP contribution in [0.2, 0.25) is 0 Å². The maximum absolute atomic E-state index is 5.21. The van der Waals surface area contributed by atoms with Gasteiger partial charge in [0, 0.05) is 22.9 Å². The molecule has 1 aliphatic heterocycles. The second-order valence-electron chi connectivity index (χ2n) is 6.24. The largest absolute Gasteiger partial charge is 0.497 e. The number of aromatic nitrogens is 1. The number of hydrogen-bond donors (Lipinski definition) is 0. The Morgan fingerprint density at radius 3 is 2.48 bits per heavy atom. The van der Waals surface area contributed by atoms with Crippen LogP contribution in [0.5, 0.6) is 5.75 Å². The molecule has 1 fully saturated rings.